The van der Waals surface area contributed by atoms with Crippen LogP contribution in [0, 0.1) is 5.82 Å². The second-order valence-electron chi connectivity index (χ2n) is 6.91. The number of furan rings is 1. The Labute approximate surface area is 172 Å². The number of aromatic nitrogens is 1. The summed E-state index contributed by atoms with van der Waals surface area (Å²) < 4.78 is 51.2. The minimum atomic E-state index is -3.58. The van der Waals surface area contributed by atoms with Gasteiger partial charge in [0.1, 0.15) is 17.4 Å². The lowest BCUT2D eigenvalue weighted by Gasteiger charge is -2.10. The van der Waals surface area contributed by atoms with E-state index in [1.165, 1.54) is 38.2 Å². The van der Waals surface area contributed by atoms with Crippen LogP contribution in [0.5, 0.6) is 0 Å². The van der Waals surface area contributed by atoms with Crippen LogP contribution in [0.15, 0.2) is 34.7 Å². The number of nitrogens with one attached hydrogen (secondary N) is 2. The van der Waals surface area contributed by atoms with E-state index in [-0.39, 0.29) is 34.7 Å². The molecule has 8 nitrogen and oxygen atoms in total. The molecule has 1 fully saturated rings. The molecule has 4 rings (SSSR count). The number of nitrogens with zero attached hydrogens (tertiary/aromatic N) is 1. The molecule has 1 atom stereocenters. The molecule has 0 aliphatic carbocycles. The van der Waals surface area contributed by atoms with Crippen molar-refractivity contribution in [1.29, 1.82) is 0 Å². The highest BCUT2D eigenvalue weighted by molar-refractivity contribution is 7.92. The maximum atomic E-state index is 13.4. The van der Waals surface area contributed by atoms with Crippen molar-refractivity contribution in [2.24, 2.45) is 0 Å². The summed E-state index contributed by atoms with van der Waals surface area (Å²) in [4.78, 5) is 17.0. The summed E-state index contributed by atoms with van der Waals surface area (Å²) in [6.07, 6.45) is 0.412. The Kier molecular flexibility index (Phi) is 5.20. The van der Waals surface area contributed by atoms with Gasteiger partial charge in [0.25, 0.3) is 5.91 Å². The number of pyridine rings is 1. The van der Waals surface area contributed by atoms with E-state index in [0.717, 1.165) is 0 Å². The molecule has 1 aliphatic rings. The van der Waals surface area contributed by atoms with Crippen LogP contribution in [-0.2, 0) is 21.2 Å². The molecule has 2 N–H and O–H groups in total. The van der Waals surface area contributed by atoms with Crippen molar-refractivity contribution in [3.05, 3.63) is 47.3 Å². The molecule has 1 unspecified atom stereocenters. The Hall–Kier alpha value is -2.98. The molecule has 0 saturated carbocycles. The SMILES string of the molecule is CCS(=O)(=O)Nc1nc2oc(-c3ccc(F)cc3)c(C(=O)NC)c2cc1CC1CO1. The zero-order valence-corrected chi connectivity index (χ0v) is 17.2. The van der Waals surface area contributed by atoms with Crippen molar-refractivity contribution in [1.82, 2.24) is 10.3 Å². The molecule has 30 heavy (non-hydrogen) atoms. The minimum absolute atomic E-state index is 0.0268. The van der Waals surface area contributed by atoms with Gasteiger partial charge in [0.2, 0.25) is 15.7 Å². The number of amides is 1. The molecular weight excluding hydrogens is 413 g/mol. The molecule has 0 bridgehead atoms. The van der Waals surface area contributed by atoms with Gasteiger partial charge in [-0.1, -0.05) is 0 Å². The van der Waals surface area contributed by atoms with Crippen molar-refractivity contribution in [3.63, 3.8) is 0 Å². The summed E-state index contributed by atoms with van der Waals surface area (Å²) in [5.74, 6) is -0.569. The maximum Gasteiger partial charge on any atom is 0.255 e. The van der Waals surface area contributed by atoms with Crippen LogP contribution < -0.4 is 10.0 Å². The summed E-state index contributed by atoms with van der Waals surface area (Å²) in [5.41, 5.74) is 1.44. The Morgan fingerprint density at radius 1 is 1.30 bits per heavy atom. The molecule has 1 saturated heterocycles. The van der Waals surface area contributed by atoms with Crippen LogP contribution >= 0.6 is 0 Å². The summed E-state index contributed by atoms with van der Waals surface area (Å²) in [7, 11) is -2.08. The number of carbonyl (C=O) groups excluding carboxylic acids is 1. The quantitative estimate of drug-likeness (QED) is 0.554. The normalized spacial score (nSPS) is 15.9. The number of rotatable bonds is 7. The number of halogens is 1. The summed E-state index contributed by atoms with van der Waals surface area (Å²) in [6.45, 7) is 2.10. The lowest BCUT2D eigenvalue weighted by molar-refractivity contribution is 0.0964. The predicted molar refractivity (Wildman–Crippen MR) is 109 cm³/mol. The molecule has 1 aliphatic heterocycles. The van der Waals surface area contributed by atoms with Gasteiger partial charge in [-0.3, -0.25) is 9.52 Å². The van der Waals surface area contributed by atoms with Gasteiger partial charge >= 0.3 is 0 Å². The van der Waals surface area contributed by atoms with Crippen molar-refractivity contribution in [2.75, 3.05) is 24.1 Å². The second-order valence-corrected chi connectivity index (χ2v) is 8.92. The number of epoxide rings is 1. The van der Waals surface area contributed by atoms with E-state index >= 15 is 0 Å². The predicted octanol–water partition coefficient (Wildman–Crippen LogP) is 2.70. The minimum Gasteiger partial charge on any atom is -0.437 e. The van der Waals surface area contributed by atoms with Gasteiger partial charge in [-0.2, -0.15) is 4.98 Å². The first-order valence-corrected chi connectivity index (χ1v) is 11.0. The van der Waals surface area contributed by atoms with E-state index in [9.17, 15) is 17.6 Å². The summed E-state index contributed by atoms with van der Waals surface area (Å²) >= 11 is 0. The number of anilines is 1. The molecular formula is C20H20FN3O5S. The molecule has 3 heterocycles. The fourth-order valence-corrected chi connectivity index (χ4v) is 3.73. The monoisotopic (exact) mass is 433 g/mol. The number of benzene rings is 1. The number of fused-ring (bicyclic) bond motifs is 1. The van der Waals surface area contributed by atoms with Crippen LogP contribution in [0.2, 0.25) is 0 Å². The van der Waals surface area contributed by atoms with Crippen molar-refractivity contribution >= 4 is 32.8 Å². The molecule has 3 aromatic rings. The lowest BCUT2D eigenvalue weighted by atomic mass is 10.0. The van der Waals surface area contributed by atoms with Crippen LogP contribution in [0.4, 0.5) is 10.2 Å². The van der Waals surface area contributed by atoms with Crippen LogP contribution in [0.1, 0.15) is 22.8 Å². The fourth-order valence-electron chi connectivity index (χ4n) is 3.11. The molecule has 158 valence electrons. The van der Waals surface area contributed by atoms with E-state index in [4.69, 9.17) is 9.15 Å². The number of sulfonamides is 1. The Morgan fingerprint density at radius 3 is 2.60 bits per heavy atom. The smallest absolute Gasteiger partial charge is 0.255 e. The molecule has 1 amide bonds. The zero-order chi connectivity index (χ0) is 21.5. The van der Waals surface area contributed by atoms with E-state index in [0.29, 0.717) is 29.5 Å². The highest BCUT2D eigenvalue weighted by atomic mass is 32.2. The topological polar surface area (TPSA) is 114 Å². The molecule has 2 aromatic heterocycles. The third kappa shape index (κ3) is 4.01. The standard InChI is InChI=1S/C20H20FN3O5S/c1-3-30(26,27)24-18-12(8-14-10-28-14)9-15-16(19(25)22-2)17(29-20(15)23-18)11-4-6-13(21)7-5-11/h4-7,9,14H,3,8,10H2,1-2H3,(H,22,25)(H,23,24). The van der Waals surface area contributed by atoms with E-state index in [1.807, 2.05) is 0 Å². The third-order valence-electron chi connectivity index (χ3n) is 4.80. The Morgan fingerprint density at radius 2 is 2.00 bits per heavy atom. The number of hydrogen-bond acceptors (Lipinski definition) is 6. The van der Waals surface area contributed by atoms with Gasteiger partial charge in [-0.05, 0) is 42.8 Å². The zero-order valence-electron chi connectivity index (χ0n) is 16.4. The van der Waals surface area contributed by atoms with Crippen molar-refractivity contribution in [2.45, 2.75) is 19.4 Å². The average Bonchev–Trinajstić information content (AvgIpc) is 3.47. The van der Waals surface area contributed by atoms with Gasteiger partial charge in [-0.25, -0.2) is 12.8 Å². The van der Waals surface area contributed by atoms with Crippen LogP contribution in [0.3, 0.4) is 0 Å². The van der Waals surface area contributed by atoms with Crippen LogP contribution in [0.25, 0.3) is 22.4 Å². The third-order valence-corrected chi connectivity index (χ3v) is 6.07. The average molecular weight is 433 g/mol. The van der Waals surface area contributed by atoms with Gasteiger partial charge in [0.15, 0.2) is 0 Å². The highest BCUT2D eigenvalue weighted by Gasteiger charge is 2.28. The first-order valence-electron chi connectivity index (χ1n) is 9.37. The van der Waals surface area contributed by atoms with Crippen molar-refractivity contribution in [3.8, 4) is 11.3 Å². The van der Waals surface area contributed by atoms with E-state index < -0.39 is 21.7 Å². The van der Waals surface area contributed by atoms with Gasteiger partial charge in [-0.15, -0.1) is 0 Å². The molecule has 0 spiro atoms. The van der Waals surface area contributed by atoms with E-state index in [1.54, 1.807) is 6.07 Å². The first kappa shape index (κ1) is 20.3. The maximum absolute atomic E-state index is 13.4. The van der Waals surface area contributed by atoms with Crippen molar-refractivity contribution < 1.29 is 26.8 Å². The highest BCUT2D eigenvalue weighted by Crippen LogP contribution is 2.36. The molecule has 10 heteroatoms. The number of carbonyl (C=O) groups is 1. The Balaban J connectivity index is 1.93. The molecule has 1 aromatic carbocycles. The van der Waals surface area contributed by atoms with Gasteiger partial charge in [0.05, 0.1) is 29.4 Å². The van der Waals surface area contributed by atoms with Crippen LogP contribution in [-0.4, -0.2) is 44.8 Å². The summed E-state index contributed by atoms with van der Waals surface area (Å²) in [5, 5.41) is 3.01. The fraction of sp³-hybridized carbons (Fsp3) is 0.300. The second kappa shape index (κ2) is 7.69. The summed E-state index contributed by atoms with van der Waals surface area (Å²) in [6, 6.07) is 7.22. The number of hydrogen-bond donors (Lipinski definition) is 2. The lowest BCUT2D eigenvalue weighted by Crippen LogP contribution is -2.19. The number of ether oxygens (including phenoxy) is 1. The largest absolute Gasteiger partial charge is 0.437 e. The molecule has 0 radical (unpaired) electrons. The Bertz CT molecular complexity index is 1220. The van der Waals surface area contributed by atoms with Gasteiger partial charge < -0.3 is 14.5 Å². The van der Waals surface area contributed by atoms with E-state index in [2.05, 4.69) is 15.0 Å². The first-order chi connectivity index (χ1) is 14.3. The van der Waals surface area contributed by atoms with Gasteiger partial charge in [0, 0.05) is 19.0 Å².